The third kappa shape index (κ3) is 3.96. The summed E-state index contributed by atoms with van der Waals surface area (Å²) < 4.78 is 0. The smallest absolute Gasteiger partial charge is 0.0613 e. The van der Waals surface area contributed by atoms with Gasteiger partial charge in [0.2, 0.25) is 0 Å². The molecule has 2 heteroatoms. The van der Waals surface area contributed by atoms with Crippen LogP contribution in [0.5, 0.6) is 0 Å². The molecule has 0 aliphatic heterocycles. The van der Waals surface area contributed by atoms with Crippen molar-refractivity contribution >= 4 is 0 Å². The van der Waals surface area contributed by atoms with Crippen LogP contribution in [0.1, 0.15) is 46.5 Å². The molecule has 0 saturated heterocycles. The van der Waals surface area contributed by atoms with E-state index >= 15 is 0 Å². The van der Waals surface area contributed by atoms with E-state index in [-0.39, 0.29) is 12.1 Å². The summed E-state index contributed by atoms with van der Waals surface area (Å²) in [5, 5.41) is 13.0. The minimum absolute atomic E-state index is 0.00153. The summed E-state index contributed by atoms with van der Waals surface area (Å²) in [6, 6.07) is 0. The molecule has 1 rings (SSSR count). The first-order valence-electron chi connectivity index (χ1n) is 6.07. The zero-order valence-electron chi connectivity index (χ0n) is 10.3. The molecule has 0 bridgehead atoms. The number of aliphatic hydroxyl groups excluding tert-OH is 1. The molecule has 0 aromatic carbocycles. The van der Waals surface area contributed by atoms with Crippen LogP contribution in [0.3, 0.4) is 0 Å². The van der Waals surface area contributed by atoms with Gasteiger partial charge >= 0.3 is 0 Å². The van der Waals surface area contributed by atoms with E-state index in [4.69, 9.17) is 0 Å². The maximum absolute atomic E-state index is 9.51. The number of hydrogen-bond donors (Lipinski definition) is 2. The molecule has 0 amide bonds. The van der Waals surface area contributed by atoms with Gasteiger partial charge in [-0.1, -0.05) is 18.6 Å². The molecule has 0 aromatic rings. The van der Waals surface area contributed by atoms with Crippen molar-refractivity contribution < 1.29 is 5.11 Å². The Morgan fingerprint density at radius 1 is 1.40 bits per heavy atom. The molecular formula is C13H25NO. The summed E-state index contributed by atoms with van der Waals surface area (Å²) >= 11 is 0. The van der Waals surface area contributed by atoms with E-state index in [1.807, 2.05) is 0 Å². The SMILES string of the molecule is CC(C)=CCNC1(CO)CCC(C)CC1. The number of allylic oxidation sites excluding steroid dienone is 1. The average molecular weight is 211 g/mol. The van der Waals surface area contributed by atoms with Crippen molar-refractivity contribution in [2.75, 3.05) is 13.2 Å². The van der Waals surface area contributed by atoms with Gasteiger partial charge in [-0.25, -0.2) is 0 Å². The largest absolute Gasteiger partial charge is 0.394 e. The molecule has 2 nitrogen and oxygen atoms in total. The molecule has 0 heterocycles. The zero-order valence-corrected chi connectivity index (χ0v) is 10.3. The first kappa shape index (κ1) is 12.7. The Morgan fingerprint density at radius 3 is 2.47 bits per heavy atom. The van der Waals surface area contributed by atoms with Gasteiger partial charge in [-0.05, 0) is 45.4 Å². The highest BCUT2D eigenvalue weighted by atomic mass is 16.3. The molecule has 0 aromatic heterocycles. The fraction of sp³-hybridized carbons (Fsp3) is 0.846. The lowest BCUT2D eigenvalue weighted by molar-refractivity contribution is 0.109. The van der Waals surface area contributed by atoms with Gasteiger partial charge in [-0.3, -0.25) is 0 Å². The Kier molecular flexibility index (Phi) is 4.81. The average Bonchev–Trinajstić information content (AvgIpc) is 2.21. The van der Waals surface area contributed by atoms with Crippen molar-refractivity contribution in [3.05, 3.63) is 11.6 Å². The first-order valence-corrected chi connectivity index (χ1v) is 6.07. The van der Waals surface area contributed by atoms with E-state index in [1.54, 1.807) is 0 Å². The van der Waals surface area contributed by atoms with Gasteiger partial charge in [0.25, 0.3) is 0 Å². The van der Waals surface area contributed by atoms with Gasteiger partial charge in [-0.2, -0.15) is 0 Å². The fourth-order valence-electron chi connectivity index (χ4n) is 2.18. The molecule has 2 N–H and O–H groups in total. The molecule has 1 saturated carbocycles. The van der Waals surface area contributed by atoms with E-state index in [0.717, 1.165) is 25.3 Å². The molecular weight excluding hydrogens is 186 g/mol. The third-order valence-corrected chi connectivity index (χ3v) is 3.52. The molecule has 1 aliphatic rings. The van der Waals surface area contributed by atoms with Crippen molar-refractivity contribution in [1.29, 1.82) is 0 Å². The van der Waals surface area contributed by atoms with E-state index in [2.05, 4.69) is 32.2 Å². The predicted molar refractivity (Wildman–Crippen MR) is 64.9 cm³/mol. The van der Waals surface area contributed by atoms with E-state index in [9.17, 15) is 5.11 Å². The van der Waals surface area contributed by atoms with Gasteiger partial charge in [0.15, 0.2) is 0 Å². The summed E-state index contributed by atoms with van der Waals surface area (Å²) in [5.74, 6) is 0.829. The van der Waals surface area contributed by atoms with Crippen LogP contribution in [-0.2, 0) is 0 Å². The second kappa shape index (κ2) is 5.66. The number of aliphatic hydroxyl groups is 1. The highest BCUT2D eigenvalue weighted by Gasteiger charge is 2.32. The molecule has 0 unspecified atom stereocenters. The molecule has 1 fully saturated rings. The van der Waals surface area contributed by atoms with E-state index < -0.39 is 0 Å². The van der Waals surface area contributed by atoms with Crippen molar-refractivity contribution in [3.8, 4) is 0 Å². The topological polar surface area (TPSA) is 32.3 Å². The zero-order chi connectivity index (χ0) is 11.3. The quantitative estimate of drug-likeness (QED) is 0.700. The third-order valence-electron chi connectivity index (χ3n) is 3.52. The van der Waals surface area contributed by atoms with Crippen molar-refractivity contribution in [2.24, 2.45) is 5.92 Å². The van der Waals surface area contributed by atoms with Crippen LogP contribution < -0.4 is 5.32 Å². The summed E-state index contributed by atoms with van der Waals surface area (Å²) in [5.41, 5.74) is 1.33. The minimum Gasteiger partial charge on any atom is -0.394 e. The Hall–Kier alpha value is -0.340. The van der Waals surface area contributed by atoms with Gasteiger partial charge < -0.3 is 10.4 Å². The van der Waals surface area contributed by atoms with Crippen LogP contribution in [0.15, 0.2) is 11.6 Å². The minimum atomic E-state index is -0.00153. The van der Waals surface area contributed by atoms with Crippen molar-refractivity contribution in [3.63, 3.8) is 0 Å². The number of rotatable bonds is 4. The molecule has 88 valence electrons. The lowest BCUT2D eigenvalue weighted by atomic mass is 9.77. The second-order valence-electron chi connectivity index (χ2n) is 5.28. The Labute approximate surface area is 93.8 Å². The summed E-state index contributed by atoms with van der Waals surface area (Å²) in [6.07, 6.45) is 6.89. The lowest BCUT2D eigenvalue weighted by Gasteiger charge is -2.38. The van der Waals surface area contributed by atoms with Crippen LogP contribution in [0, 0.1) is 5.92 Å². The number of hydrogen-bond acceptors (Lipinski definition) is 2. The number of nitrogens with one attached hydrogen (secondary N) is 1. The van der Waals surface area contributed by atoms with E-state index in [0.29, 0.717) is 0 Å². The molecule has 0 spiro atoms. The fourth-order valence-corrected chi connectivity index (χ4v) is 2.18. The Balaban J connectivity index is 2.43. The van der Waals surface area contributed by atoms with Crippen LogP contribution in [0.25, 0.3) is 0 Å². The van der Waals surface area contributed by atoms with Gasteiger partial charge in [0, 0.05) is 12.1 Å². The predicted octanol–water partition coefficient (Wildman–Crippen LogP) is 2.48. The molecule has 0 atom stereocenters. The highest BCUT2D eigenvalue weighted by Crippen LogP contribution is 2.31. The van der Waals surface area contributed by atoms with Crippen molar-refractivity contribution in [1.82, 2.24) is 5.32 Å². The van der Waals surface area contributed by atoms with Crippen molar-refractivity contribution in [2.45, 2.75) is 52.0 Å². The normalized spacial score (nSPS) is 31.3. The summed E-state index contributed by atoms with van der Waals surface area (Å²) in [6.45, 7) is 7.68. The molecule has 0 radical (unpaired) electrons. The van der Waals surface area contributed by atoms with Crippen LogP contribution >= 0.6 is 0 Å². The summed E-state index contributed by atoms with van der Waals surface area (Å²) in [4.78, 5) is 0. The van der Waals surface area contributed by atoms with Crippen LogP contribution in [-0.4, -0.2) is 23.8 Å². The lowest BCUT2D eigenvalue weighted by Crippen LogP contribution is -2.50. The summed E-state index contributed by atoms with van der Waals surface area (Å²) in [7, 11) is 0. The van der Waals surface area contributed by atoms with Gasteiger partial charge in [0.1, 0.15) is 0 Å². The van der Waals surface area contributed by atoms with Crippen LogP contribution in [0.4, 0.5) is 0 Å². The maximum atomic E-state index is 9.51. The molecule has 1 aliphatic carbocycles. The standard InChI is InChI=1S/C13H25NO/c1-11(2)6-9-14-13(10-15)7-4-12(3)5-8-13/h6,12,14-15H,4-5,7-10H2,1-3H3. The van der Waals surface area contributed by atoms with E-state index in [1.165, 1.54) is 18.4 Å². The second-order valence-corrected chi connectivity index (χ2v) is 5.28. The maximum Gasteiger partial charge on any atom is 0.0613 e. The molecule has 15 heavy (non-hydrogen) atoms. The monoisotopic (exact) mass is 211 g/mol. The first-order chi connectivity index (χ1) is 7.08. The van der Waals surface area contributed by atoms with Crippen LogP contribution in [0.2, 0.25) is 0 Å². The Bertz CT molecular complexity index is 211. The Morgan fingerprint density at radius 2 is 2.00 bits per heavy atom. The van der Waals surface area contributed by atoms with Gasteiger partial charge in [-0.15, -0.1) is 0 Å². The van der Waals surface area contributed by atoms with Gasteiger partial charge in [0.05, 0.1) is 6.61 Å². The highest BCUT2D eigenvalue weighted by molar-refractivity contribution is 4.99.